The number of methoxy groups -OCH3 is 1. The van der Waals surface area contributed by atoms with Gasteiger partial charge in [0.1, 0.15) is 0 Å². The van der Waals surface area contributed by atoms with E-state index in [1.54, 1.807) is 7.11 Å². The van der Waals surface area contributed by atoms with Gasteiger partial charge in [-0.2, -0.15) is 0 Å². The molecule has 2 unspecified atom stereocenters. The third-order valence-corrected chi connectivity index (χ3v) is 4.25. The largest absolute Gasteiger partial charge is 0.383 e. The third kappa shape index (κ3) is 4.87. The lowest BCUT2D eigenvalue weighted by Gasteiger charge is -2.33. The molecule has 1 aliphatic rings. The van der Waals surface area contributed by atoms with Crippen molar-refractivity contribution in [1.29, 1.82) is 0 Å². The van der Waals surface area contributed by atoms with Gasteiger partial charge < -0.3 is 14.8 Å². The second-order valence-corrected chi connectivity index (χ2v) is 6.08. The molecule has 0 spiro atoms. The van der Waals surface area contributed by atoms with E-state index in [9.17, 15) is 0 Å². The van der Waals surface area contributed by atoms with Crippen molar-refractivity contribution in [2.45, 2.75) is 52.6 Å². The minimum atomic E-state index is 0.350. The van der Waals surface area contributed by atoms with E-state index in [2.05, 4.69) is 26.1 Å². The van der Waals surface area contributed by atoms with Gasteiger partial charge in [-0.15, -0.1) is 0 Å². The van der Waals surface area contributed by atoms with Crippen LogP contribution < -0.4 is 5.32 Å². The maximum absolute atomic E-state index is 5.81. The number of hydrogen-bond acceptors (Lipinski definition) is 3. The average Bonchev–Trinajstić information content (AvgIpc) is 2.67. The Hall–Kier alpha value is -0.120. The van der Waals surface area contributed by atoms with Crippen molar-refractivity contribution in [3.05, 3.63) is 0 Å². The van der Waals surface area contributed by atoms with Gasteiger partial charge >= 0.3 is 0 Å². The van der Waals surface area contributed by atoms with E-state index in [0.29, 0.717) is 11.5 Å². The molecule has 1 aliphatic heterocycles. The molecule has 108 valence electrons. The van der Waals surface area contributed by atoms with E-state index in [0.717, 1.165) is 32.2 Å². The van der Waals surface area contributed by atoms with E-state index in [-0.39, 0.29) is 0 Å². The number of ether oxygens (including phenoxy) is 2. The predicted octanol–water partition coefficient (Wildman–Crippen LogP) is 2.84. The zero-order valence-corrected chi connectivity index (χ0v) is 12.6. The minimum Gasteiger partial charge on any atom is -0.383 e. The monoisotopic (exact) mass is 257 g/mol. The molecular formula is C15H31NO2. The Morgan fingerprint density at radius 3 is 2.78 bits per heavy atom. The summed E-state index contributed by atoms with van der Waals surface area (Å²) >= 11 is 0. The summed E-state index contributed by atoms with van der Waals surface area (Å²) < 4.78 is 10.9. The Balaban J connectivity index is 2.38. The summed E-state index contributed by atoms with van der Waals surface area (Å²) in [4.78, 5) is 0. The van der Waals surface area contributed by atoms with E-state index < -0.39 is 0 Å². The highest BCUT2D eigenvalue weighted by Gasteiger charge is 2.40. The van der Waals surface area contributed by atoms with Gasteiger partial charge in [-0.1, -0.05) is 26.7 Å². The van der Waals surface area contributed by atoms with Crippen LogP contribution >= 0.6 is 0 Å². The summed E-state index contributed by atoms with van der Waals surface area (Å²) in [5, 5.41) is 3.53. The molecule has 0 aromatic rings. The van der Waals surface area contributed by atoms with E-state index >= 15 is 0 Å². The standard InChI is InChI=1S/C15H31NO2/c1-13(2)6-5-7-15(8-10-18-14(15)3)12-16-9-11-17-4/h13-14,16H,5-12H2,1-4H3. The fourth-order valence-electron chi connectivity index (χ4n) is 2.84. The molecule has 0 amide bonds. The van der Waals surface area contributed by atoms with Gasteiger partial charge in [-0.25, -0.2) is 0 Å². The van der Waals surface area contributed by atoms with Crippen LogP contribution in [-0.4, -0.2) is 39.5 Å². The van der Waals surface area contributed by atoms with E-state index in [1.807, 2.05) is 0 Å². The summed E-state index contributed by atoms with van der Waals surface area (Å²) in [6, 6.07) is 0. The lowest BCUT2D eigenvalue weighted by Crippen LogP contribution is -2.40. The molecule has 0 saturated carbocycles. The highest BCUT2D eigenvalue weighted by atomic mass is 16.5. The molecule has 0 bridgehead atoms. The zero-order valence-electron chi connectivity index (χ0n) is 12.6. The average molecular weight is 257 g/mol. The Morgan fingerprint density at radius 1 is 1.44 bits per heavy atom. The van der Waals surface area contributed by atoms with Crippen LogP contribution in [0.1, 0.15) is 46.5 Å². The van der Waals surface area contributed by atoms with Crippen LogP contribution in [0.5, 0.6) is 0 Å². The molecule has 0 aliphatic carbocycles. The molecule has 1 N–H and O–H groups in total. The lowest BCUT2D eigenvalue weighted by molar-refractivity contribution is 0.0555. The molecule has 1 rings (SSSR count). The lowest BCUT2D eigenvalue weighted by atomic mass is 9.76. The highest BCUT2D eigenvalue weighted by molar-refractivity contribution is 4.91. The van der Waals surface area contributed by atoms with Gasteiger partial charge in [-0.05, 0) is 25.7 Å². The SMILES string of the molecule is COCCNCC1(CCCC(C)C)CCOC1C. The van der Waals surface area contributed by atoms with Crippen molar-refractivity contribution in [2.24, 2.45) is 11.3 Å². The molecule has 1 saturated heterocycles. The van der Waals surface area contributed by atoms with Crippen LogP contribution in [0.25, 0.3) is 0 Å². The minimum absolute atomic E-state index is 0.350. The molecule has 0 aromatic carbocycles. The van der Waals surface area contributed by atoms with Crippen molar-refractivity contribution in [2.75, 3.05) is 33.4 Å². The molecule has 1 heterocycles. The van der Waals surface area contributed by atoms with Crippen molar-refractivity contribution >= 4 is 0 Å². The van der Waals surface area contributed by atoms with Crippen LogP contribution in [0.3, 0.4) is 0 Å². The topological polar surface area (TPSA) is 30.5 Å². The first-order valence-electron chi connectivity index (χ1n) is 7.42. The maximum Gasteiger partial charge on any atom is 0.0616 e. The van der Waals surface area contributed by atoms with Crippen LogP contribution in [0.2, 0.25) is 0 Å². The third-order valence-electron chi connectivity index (χ3n) is 4.25. The van der Waals surface area contributed by atoms with Crippen molar-refractivity contribution < 1.29 is 9.47 Å². The first kappa shape index (κ1) is 15.9. The molecule has 3 nitrogen and oxygen atoms in total. The van der Waals surface area contributed by atoms with Gasteiger partial charge in [0.2, 0.25) is 0 Å². The van der Waals surface area contributed by atoms with Gasteiger partial charge in [0.25, 0.3) is 0 Å². The summed E-state index contributed by atoms with van der Waals surface area (Å²) in [6.07, 6.45) is 5.52. The molecule has 1 fully saturated rings. The van der Waals surface area contributed by atoms with Gasteiger partial charge in [-0.3, -0.25) is 0 Å². The zero-order chi connectivity index (χ0) is 13.4. The first-order chi connectivity index (χ1) is 8.60. The van der Waals surface area contributed by atoms with Crippen molar-refractivity contribution in [3.63, 3.8) is 0 Å². The fourth-order valence-corrected chi connectivity index (χ4v) is 2.84. The molecule has 0 radical (unpaired) electrons. The van der Waals surface area contributed by atoms with Crippen molar-refractivity contribution in [1.82, 2.24) is 5.32 Å². The Bertz CT molecular complexity index is 221. The van der Waals surface area contributed by atoms with Gasteiger partial charge in [0, 0.05) is 32.2 Å². The van der Waals surface area contributed by atoms with Gasteiger partial charge in [0.15, 0.2) is 0 Å². The fraction of sp³-hybridized carbons (Fsp3) is 1.00. The molecule has 2 atom stereocenters. The number of rotatable bonds is 9. The second kappa shape index (κ2) is 8.13. The number of nitrogens with one attached hydrogen (secondary N) is 1. The van der Waals surface area contributed by atoms with Crippen LogP contribution in [0, 0.1) is 11.3 Å². The quantitative estimate of drug-likeness (QED) is 0.644. The Kier molecular flexibility index (Phi) is 7.20. The highest BCUT2D eigenvalue weighted by Crippen LogP contribution is 2.39. The van der Waals surface area contributed by atoms with Gasteiger partial charge in [0.05, 0.1) is 12.7 Å². The normalized spacial score (nSPS) is 28.2. The van der Waals surface area contributed by atoms with E-state index in [1.165, 1.54) is 25.7 Å². The summed E-state index contributed by atoms with van der Waals surface area (Å²) in [5.41, 5.74) is 0.350. The molecular weight excluding hydrogens is 226 g/mol. The predicted molar refractivity (Wildman–Crippen MR) is 75.9 cm³/mol. The van der Waals surface area contributed by atoms with Crippen LogP contribution in [-0.2, 0) is 9.47 Å². The maximum atomic E-state index is 5.81. The molecule has 18 heavy (non-hydrogen) atoms. The van der Waals surface area contributed by atoms with Crippen molar-refractivity contribution in [3.8, 4) is 0 Å². The molecule has 0 aromatic heterocycles. The van der Waals surface area contributed by atoms with E-state index in [4.69, 9.17) is 9.47 Å². The second-order valence-electron chi connectivity index (χ2n) is 6.08. The summed E-state index contributed by atoms with van der Waals surface area (Å²) in [5.74, 6) is 0.807. The smallest absolute Gasteiger partial charge is 0.0616 e. The van der Waals surface area contributed by atoms with Crippen LogP contribution in [0.4, 0.5) is 0 Å². The van der Waals surface area contributed by atoms with Crippen LogP contribution in [0.15, 0.2) is 0 Å². The Morgan fingerprint density at radius 2 is 2.22 bits per heavy atom. The summed E-state index contributed by atoms with van der Waals surface area (Å²) in [7, 11) is 1.75. The Labute approximate surface area is 113 Å². The first-order valence-corrected chi connectivity index (χ1v) is 7.42. The summed E-state index contributed by atoms with van der Waals surface area (Å²) in [6.45, 7) is 10.6. The molecule has 3 heteroatoms. The number of hydrogen-bond donors (Lipinski definition) is 1.